The van der Waals surface area contributed by atoms with E-state index in [0.717, 1.165) is 5.69 Å². The number of benzene rings is 2. The third-order valence-electron chi connectivity index (χ3n) is 7.70. The molecule has 0 atom stereocenters. The summed E-state index contributed by atoms with van der Waals surface area (Å²) in [5, 5.41) is 8.13. The minimum Gasteiger partial charge on any atom is -0.460 e. The van der Waals surface area contributed by atoms with Crippen molar-refractivity contribution in [3.8, 4) is 16.9 Å². The number of morpholine rings is 1. The normalized spacial score (nSPS) is 16.6. The maximum Gasteiger partial charge on any atom is 0.337 e. The Balaban J connectivity index is 1.70. The zero-order valence-corrected chi connectivity index (χ0v) is 27.8. The van der Waals surface area contributed by atoms with Gasteiger partial charge in [-0.25, -0.2) is 22.7 Å². The summed E-state index contributed by atoms with van der Waals surface area (Å²) in [5.41, 5.74) is 3.99. The molecule has 5 rings (SSSR count). The summed E-state index contributed by atoms with van der Waals surface area (Å²) in [4.78, 5) is 27.6. The Bertz CT molecular complexity index is 1730. The molecule has 0 radical (unpaired) electrons. The van der Waals surface area contributed by atoms with E-state index < -0.39 is 40.1 Å². The number of hydrogen-bond acceptors (Lipinski definition) is 9. The summed E-state index contributed by atoms with van der Waals surface area (Å²) < 4.78 is 46.5. The third-order valence-corrected chi connectivity index (χ3v) is 9.61. The van der Waals surface area contributed by atoms with E-state index in [4.69, 9.17) is 19.3 Å². The Morgan fingerprint density at radius 1 is 0.870 bits per heavy atom. The van der Waals surface area contributed by atoms with Crippen LogP contribution >= 0.6 is 0 Å². The predicted molar refractivity (Wildman–Crippen MR) is 172 cm³/mol. The average Bonchev–Trinajstić information content (AvgIpc) is 3.46. The van der Waals surface area contributed by atoms with Crippen LogP contribution in [0.15, 0.2) is 88.2 Å². The first kappa shape index (κ1) is 33.1. The van der Waals surface area contributed by atoms with Gasteiger partial charge in [0.25, 0.3) is 0 Å². The number of allylic oxidation sites excluding steroid dienone is 2. The van der Waals surface area contributed by atoms with Crippen molar-refractivity contribution in [1.82, 2.24) is 19.4 Å². The molecule has 0 spiro atoms. The van der Waals surface area contributed by atoms with Crippen LogP contribution in [0.1, 0.15) is 53.0 Å². The largest absolute Gasteiger partial charge is 0.460 e. The predicted octanol–water partition coefficient (Wildman–Crippen LogP) is 4.70. The molecule has 1 fully saturated rings. The van der Waals surface area contributed by atoms with Gasteiger partial charge in [0.1, 0.15) is 0 Å². The van der Waals surface area contributed by atoms with Crippen LogP contribution in [-0.4, -0.2) is 73.0 Å². The molecule has 0 amide bonds. The highest BCUT2D eigenvalue weighted by molar-refractivity contribution is 7.89. The van der Waals surface area contributed by atoms with Crippen LogP contribution in [0.4, 0.5) is 0 Å². The van der Waals surface area contributed by atoms with Crippen LogP contribution in [-0.2, 0) is 33.8 Å². The van der Waals surface area contributed by atoms with Crippen LogP contribution in [0.2, 0.25) is 0 Å². The zero-order chi connectivity index (χ0) is 33.2. The summed E-state index contributed by atoms with van der Waals surface area (Å²) in [6, 6.07) is 16.0. The Labute approximate surface area is 269 Å². The molecule has 1 N–H and O–H groups in total. The lowest BCUT2D eigenvalue weighted by Crippen LogP contribution is -2.40. The fourth-order valence-electron chi connectivity index (χ4n) is 5.66. The second-order valence-corrected chi connectivity index (χ2v) is 13.7. The lowest BCUT2D eigenvalue weighted by molar-refractivity contribution is -0.143. The van der Waals surface area contributed by atoms with Crippen LogP contribution in [0.5, 0.6) is 0 Å². The first-order valence-corrected chi connectivity index (χ1v) is 16.8. The van der Waals surface area contributed by atoms with Crippen molar-refractivity contribution in [2.45, 2.75) is 64.6 Å². The van der Waals surface area contributed by atoms with E-state index in [1.807, 2.05) is 30.3 Å². The van der Waals surface area contributed by atoms with E-state index in [-0.39, 0.29) is 29.1 Å². The topological polar surface area (TPSA) is 129 Å². The van der Waals surface area contributed by atoms with E-state index in [0.29, 0.717) is 41.4 Å². The molecule has 2 aliphatic rings. The fourth-order valence-corrected chi connectivity index (χ4v) is 7.07. The van der Waals surface area contributed by atoms with E-state index in [9.17, 15) is 18.0 Å². The fraction of sp³-hybridized carbons (Fsp3) is 0.382. The highest BCUT2D eigenvalue weighted by atomic mass is 32.2. The van der Waals surface area contributed by atoms with Gasteiger partial charge in [0.15, 0.2) is 0 Å². The first-order chi connectivity index (χ1) is 21.9. The molecule has 11 nitrogen and oxygen atoms in total. The molecular weight excluding hydrogens is 608 g/mol. The lowest BCUT2D eigenvalue weighted by atomic mass is 9.79. The molecule has 12 heteroatoms. The number of esters is 2. The monoisotopic (exact) mass is 648 g/mol. The molecule has 244 valence electrons. The second kappa shape index (κ2) is 13.6. The minimum atomic E-state index is -3.72. The Morgan fingerprint density at radius 3 is 1.93 bits per heavy atom. The number of para-hydroxylation sites is 1. The van der Waals surface area contributed by atoms with Crippen molar-refractivity contribution in [3.63, 3.8) is 0 Å². The van der Waals surface area contributed by atoms with Crippen molar-refractivity contribution in [1.29, 1.82) is 0 Å². The van der Waals surface area contributed by atoms with Crippen LogP contribution in [0.3, 0.4) is 0 Å². The number of nitrogens with one attached hydrogen (secondary N) is 1. The van der Waals surface area contributed by atoms with E-state index in [1.54, 1.807) is 76.7 Å². The quantitative estimate of drug-likeness (QED) is 0.329. The van der Waals surface area contributed by atoms with Gasteiger partial charge < -0.3 is 19.5 Å². The highest BCUT2D eigenvalue weighted by Crippen LogP contribution is 2.43. The van der Waals surface area contributed by atoms with Gasteiger partial charge in [-0.1, -0.05) is 30.3 Å². The van der Waals surface area contributed by atoms with Gasteiger partial charge >= 0.3 is 11.9 Å². The summed E-state index contributed by atoms with van der Waals surface area (Å²) in [5.74, 6) is -2.04. The summed E-state index contributed by atoms with van der Waals surface area (Å²) in [6.45, 7) is 11.8. The smallest absolute Gasteiger partial charge is 0.337 e. The summed E-state index contributed by atoms with van der Waals surface area (Å²) >= 11 is 0. The number of hydrogen-bond donors (Lipinski definition) is 1. The number of dihydropyridines is 1. The molecule has 0 unspecified atom stereocenters. The number of carbonyl (C=O) groups is 2. The molecule has 3 aromatic rings. The third kappa shape index (κ3) is 6.79. The Morgan fingerprint density at radius 2 is 1.41 bits per heavy atom. The molecule has 1 aromatic heterocycles. The van der Waals surface area contributed by atoms with Crippen molar-refractivity contribution in [2.75, 3.05) is 26.3 Å². The number of rotatable bonds is 9. The minimum absolute atomic E-state index is 0.151. The zero-order valence-electron chi connectivity index (χ0n) is 26.9. The SMILES string of the molecule is CC1=C(C(=O)OC(C)C)C(c2cn(-c3ccccc3)nc2-c2ccc(S(=O)(=O)N3CCOCC3)cc2)C(C(=O)OC(C)C)=C(C)N1. The maximum atomic E-state index is 13.7. The van der Waals surface area contributed by atoms with Gasteiger partial charge in [-0.05, 0) is 65.8 Å². The van der Waals surface area contributed by atoms with E-state index >= 15 is 0 Å². The summed E-state index contributed by atoms with van der Waals surface area (Å²) in [7, 11) is -3.72. The first-order valence-electron chi connectivity index (χ1n) is 15.3. The molecule has 1 saturated heterocycles. The van der Waals surface area contributed by atoms with Gasteiger partial charge in [0.2, 0.25) is 10.0 Å². The number of nitrogens with zero attached hydrogens (tertiary/aromatic N) is 3. The molecular formula is C34H40N4O7S. The van der Waals surface area contributed by atoms with Gasteiger partial charge in [0, 0.05) is 41.8 Å². The van der Waals surface area contributed by atoms with Crippen molar-refractivity contribution >= 4 is 22.0 Å². The molecule has 3 heterocycles. The maximum absolute atomic E-state index is 13.7. The second-order valence-electron chi connectivity index (χ2n) is 11.8. The molecule has 2 aliphatic heterocycles. The number of ether oxygens (including phenoxy) is 3. The number of carbonyl (C=O) groups excluding carboxylic acids is 2. The van der Waals surface area contributed by atoms with Crippen molar-refractivity contribution in [3.05, 3.63) is 88.9 Å². The Kier molecular flexibility index (Phi) is 9.80. The van der Waals surface area contributed by atoms with Gasteiger partial charge in [-0.3, -0.25) is 0 Å². The molecule has 2 aromatic carbocycles. The van der Waals surface area contributed by atoms with Gasteiger partial charge in [0.05, 0.1) is 58.8 Å². The van der Waals surface area contributed by atoms with Crippen LogP contribution in [0.25, 0.3) is 16.9 Å². The van der Waals surface area contributed by atoms with Crippen LogP contribution < -0.4 is 5.32 Å². The van der Waals surface area contributed by atoms with Gasteiger partial charge in [-0.2, -0.15) is 9.40 Å². The van der Waals surface area contributed by atoms with Gasteiger partial charge in [-0.15, -0.1) is 0 Å². The van der Waals surface area contributed by atoms with Crippen molar-refractivity contribution < 1.29 is 32.2 Å². The highest BCUT2D eigenvalue weighted by Gasteiger charge is 2.41. The Hall–Kier alpha value is -4.26. The van der Waals surface area contributed by atoms with E-state index in [2.05, 4.69) is 5.32 Å². The van der Waals surface area contributed by atoms with Crippen molar-refractivity contribution in [2.24, 2.45) is 0 Å². The van der Waals surface area contributed by atoms with E-state index in [1.165, 1.54) is 4.31 Å². The summed E-state index contributed by atoms with van der Waals surface area (Å²) in [6.07, 6.45) is 0.989. The average molecular weight is 649 g/mol. The lowest BCUT2D eigenvalue weighted by Gasteiger charge is -2.31. The molecule has 46 heavy (non-hydrogen) atoms. The standard InChI is InChI=1S/C34H40N4O7S/c1-21(2)44-33(39)29-23(5)35-24(6)30(34(40)45-22(3)4)31(29)28-20-38(26-10-8-7-9-11-26)36-32(28)25-12-14-27(15-13-25)46(41,42)37-16-18-43-19-17-37/h7-15,20-22,31,35H,16-19H2,1-6H3. The number of aromatic nitrogens is 2. The molecule has 0 bridgehead atoms. The number of sulfonamides is 1. The van der Waals surface area contributed by atoms with Crippen LogP contribution in [0, 0.1) is 0 Å². The molecule has 0 saturated carbocycles. The molecule has 0 aliphatic carbocycles.